The molecular formula is C27H32ClNO5. The minimum absolute atomic E-state index is 0.0270. The smallest absolute Gasteiger partial charge is 0.303 e. The molecule has 182 valence electrons. The van der Waals surface area contributed by atoms with Crippen molar-refractivity contribution >= 4 is 23.5 Å². The first kappa shape index (κ1) is 25.8. The lowest BCUT2D eigenvalue weighted by Crippen LogP contribution is -2.32. The zero-order valence-corrected chi connectivity index (χ0v) is 20.0. The highest BCUT2D eigenvalue weighted by Gasteiger charge is 2.28. The number of halogens is 1. The number of benzene rings is 2. The molecule has 1 fully saturated rings. The molecule has 7 heteroatoms. The number of rotatable bonds is 13. The highest BCUT2D eigenvalue weighted by molar-refractivity contribution is 6.31. The fraction of sp³-hybridized carbons (Fsp3) is 0.407. The van der Waals surface area contributed by atoms with Crippen molar-refractivity contribution in [3.63, 3.8) is 0 Å². The number of amides is 1. The molecule has 2 aromatic carbocycles. The third kappa shape index (κ3) is 7.89. The van der Waals surface area contributed by atoms with E-state index in [9.17, 15) is 14.7 Å². The van der Waals surface area contributed by atoms with E-state index >= 15 is 0 Å². The molecule has 1 saturated heterocycles. The van der Waals surface area contributed by atoms with Crippen LogP contribution in [0.15, 0.2) is 60.7 Å². The number of carboxylic acids is 1. The first-order chi connectivity index (χ1) is 16.4. The summed E-state index contributed by atoms with van der Waals surface area (Å²) in [6.45, 7) is 0.993. The lowest BCUT2D eigenvalue weighted by Gasteiger charge is -2.22. The number of hydrogen-bond donors (Lipinski definition) is 2. The Labute approximate surface area is 205 Å². The molecule has 0 bridgehead atoms. The molecule has 1 aliphatic rings. The van der Waals surface area contributed by atoms with Gasteiger partial charge in [-0.1, -0.05) is 66.9 Å². The van der Waals surface area contributed by atoms with E-state index in [4.69, 9.17) is 21.4 Å². The number of hydrogen-bond acceptors (Lipinski definition) is 4. The molecule has 0 saturated carbocycles. The Morgan fingerprint density at radius 2 is 1.94 bits per heavy atom. The van der Waals surface area contributed by atoms with Crippen LogP contribution in [-0.4, -0.2) is 39.6 Å². The van der Waals surface area contributed by atoms with Crippen LogP contribution >= 0.6 is 11.6 Å². The minimum Gasteiger partial charge on any atom is -0.489 e. The van der Waals surface area contributed by atoms with Gasteiger partial charge < -0.3 is 19.8 Å². The van der Waals surface area contributed by atoms with Crippen LogP contribution in [-0.2, 0) is 16.2 Å². The molecule has 2 atom stereocenters. The normalized spacial score (nSPS) is 16.8. The Kier molecular flexibility index (Phi) is 9.98. The second-order valence-electron chi connectivity index (χ2n) is 8.53. The molecule has 1 aliphatic heterocycles. The first-order valence-corrected chi connectivity index (χ1v) is 12.2. The predicted octanol–water partition coefficient (Wildman–Crippen LogP) is 5.53. The molecule has 6 nitrogen and oxygen atoms in total. The maximum atomic E-state index is 12.3. The summed E-state index contributed by atoms with van der Waals surface area (Å²) in [7, 11) is 0. The van der Waals surface area contributed by atoms with Crippen molar-refractivity contribution in [1.29, 1.82) is 0 Å². The number of nitrogens with zero attached hydrogens (tertiary/aromatic N) is 1. The molecule has 0 aliphatic carbocycles. The molecule has 1 heterocycles. The van der Waals surface area contributed by atoms with Crippen molar-refractivity contribution < 1.29 is 24.5 Å². The highest BCUT2D eigenvalue weighted by Crippen LogP contribution is 2.25. The van der Waals surface area contributed by atoms with Gasteiger partial charge in [0.2, 0.25) is 5.91 Å². The standard InChI is InChI=1S/C27H32ClNO5/c28-24-11-5-4-8-21(24)19-34-23-10-7-9-20(18-23)25(30)15-13-22-14-16-26(31)29(22)17-6-2-1-3-12-27(32)33/h4-5,7-11,13,15,18,22,25,30H,1-3,6,12,14,16-17,19H2,(H,32,33)/b15-13+/t22?,25-/m1/s1. The number of carbonyl (C=O) groups is 2. The molecule has 2 N–H and O–H groups in total. The monoisotopic (exact) mass is 485 g/mol. The topological polar surface area (TPSA) is 87.1 Å². The Bertz CT molecular complexity index is 992. The van der Waals surface area contributed by atoms with Gasteiger partial charge in [-0.2, -0.15) is 0 Å². The summed E-state index contributed by atoms with van der Waals surface area (Å²) in [6, 6.07) is 14.8. The van der Waals surface area contributed by atoms with E-state index in [1.807, 2.05) is 53.4 Å². The summed E-state index contributed by atoms with van der Waals surface area (Å²) in [5.74, 6) is 0.00579. The number of aliphatic hydroxyl groups is 1. The average Bonchev–Trinajstić information content (AvgIpc) is 3.18. The largest absolute Gasteiger partial charge is 0.489 e. The van der Waals surface area contributed by atoms with E-state index < -0.39 is 12.1 Å². The molecule has 0 aromatic heterocycles. The fourth-order valence-corrected chi connectivity index (χ4v) is 4.26. The van der Waals surface area contributed by atoms with Crippen molar-refractivity contribution in [2.75, 3.05) is 6.54 Å². The van der Waals surface area contributed by atoms with E-state index in [-0.39, 0.29) is 18.4 Å². The van der Waals surface area contributed by atoms with Crippen molar-refractivity contribution in [1.82, 2.24) is 4.90 Å². The van der Waals surface area contributed by atoms with Gasteiger partial charge in [-0.25, -0.2) is 0 Å². The van der Waals surface area contributed by atoms with Crippen molar-refractivity contribution in [2.45, 2.75) is 63.7 Å². The van der Waals surface area contributed by atoms with E-state index in [1.165, 1.54) is 0 Å². The van der Waals surface area contributed by atoms with Gasteiger partial charge in [0, 0.05) is 30.0 Å². The number of ether oxygens (including phenoxy) is 1. The van der Waals surface area contributed by atoms with Crippen LogP contribution < -0.4 is 4.74 Å². The third-order valence-corrected chi connectivity index (χ3v) is 6.35. The second kappa shape index (κ2) is 13.2. The van der Waals surface area contributed by atoms with Crippen LogP contribution in [0.25, 0.3) is 0 Å². The summed E-state index contributed by atoms with van der Waals surface area (Å²) in [5, 5.41) is 20.0. The van der Waals surface area contributed by atoms with E-state index in [2.05, 4.69) is 0 Å². The Morgan fingerprint density at radius 1 is 1.15 bits per heavy atom. The summed E-state index contributed by atoms with van der Waals surface area (Å²) in [6.07, 6.45) is 7.55. The average molecular weight is 486 g/mol. The Hall–Kier alpha value is -2.83. The molecule has 34 heavy (non-hydrogen) atoms. The number of aliphatic carboxylic acids is 1. The maximum Gasteiger partial charge on any atom is 0.303 e. The van der Waals surface area contributed by atoms with Crippen LogP contribution in [0.5, 0.6) is 5.75 Å². The fourth-order valence-electron chi connectivity index (χ4n) is 4.07. The van der Waals surface area contributed by atoms with E-state index in [1.54, 1.807) is 12.1 Å². The van der Waals surface area contributed by atoms with E-state index in [0.29, 0.717) is 42.3 Å². The zero-order chi connectivity index (χ0) is 24.3. The number of carbonyl (C=O) groups excluding carboxylic acids is 1. The number of carboxylic acid groups (broad SMARTS) is 1. The highest BCUT2D eigenvalue weighted by atomic mass is 35.5. The molecule has 3 rings (SSSR count). The SMILES string of the molecule is O=C(O)CCCCCCN1C(=O)CCC1/C=C/[C@@H](O)c1cccc(OCc2ccccc2Cl)c1. The van der Waals surface area contributed by atoms with Crippen LogP contribution in [0.3, 0.4) is 0 Å². The quantitative estimate of drug-likeness (QED) is 0.287. The van der Waals surface area contributed by atoms with Crippen molar-refractivity contribution in [3.05, 3.63) is 76.8 Å². The van der Waals surface area contributed by atoms with Gasteiger partial charge in [-0.3, -0.25) is 9.59 Å². The summed E-state index contributed by atoms with van der Waals surface area (Å²) in [5.41, 5.74) is 1.60. The Balaban J connectivity index is 1.51. The lowest BCUT2D eigenvalue weighted by molar-refractivity contribution is -0.137. The van der Waals surface area contributed by atoms with E-state index in [0.717, 1.165) is 31.2 Å². The Morgan fingerprint density at radius 3 is 2.74 bits per heavy atom. The van der Waals surface area contributed by atoms with Gasteiger partial charge in [-0.15, -0.1) is 0 Å². The molecule has 0 radical (unpaired) electrons. The molecule has 1 amide bonds. The number of aliphatic hydroxyl groups excluding tert-OH is 1. The molecule has 1 unspecified atom stereocenters. The molecule has 0 spiro atoms. The van der Waals surface area contributed by atoms with Gasteiger partial charge >= 0.3 is 5.97 Å². The van der Waals surface area contributed by atoms with Gasteiger partial charge in [0.1, 0.15) is 12.4 Å². The maximum absolute atomic E-state index is 12.3. The van der Waals surface area contributed by atoms with Crippen molar-refractivity contribution in [3.8, 4) is 5.75 Å². The summed E-state index contributed by atoms with van der Waals surface area (Å²) >= 11 is 6.18. The summed E-state index contributed by atoms with van der Waals surface area (Å²) < 4.78 is 5.85. The summed E-state index contributed by atoms with van der Waals surface area (Å²) in [4.78, 5) is 24.7. The number of likely N-dealkylation sites (tertiary alicyclic amines) is 1. The minimum atomic E-state index is -0.808. The van der Waals surface area contributed by atoms with Gasteiger partial charge in [0.15, 0.2) is 0 Å². The zero-order valence-electron chi connectivity index (χ0n) is 19.2. The predicted molar refractivity (Wildman–Crippen MR) is 132 cm³/mol. The van der Waals surface area contributed by atoms with Gasteiger partial charge in [0.05, 0.1) is 12.1 Å². The van der Waals surface area contributed by atoms with Crippen LogP contribution in [0.1, 0.15) is 62.2 Å². The van der Waals surface area contributed by atoms with Gasteiger partial charge in [-0.05, 0) is 43.0 Å². The molecular weight excluding hydrogens is 454 g/mol. The molecule has 2 aromatic rings. The number of unbranched alkanes of at least 4 members (excludes halogenated alkanes) is 3. The van der Waals surface area contributed by atoms with Crippen molar-refractivity contribution in [2.24, 2.45) is 0 Å². The van der Waals surface area contributed by atoms with Crippen LogP contribution in [0.4, 0.5) is 0 Å². The van der Waals surface area contributed by atoms with Crippen LogP contribution in [0.2, 0.25) is 5.02 Å². The second-order valence-corrected chi connectivity index (χ2v) is 8.94. The third-order valence-electron chi connectivity index (χ3n) is 5.98. The first-order valence-electron chi connectivity index (χ1n) is 11.8. The van der Waals surface area contributed by atoms with Crippen LogP contribution in [0, 0.1) is 0 Å². The van der Waals surface area contributed by atoms with Gasteiger partial charge in [0.25, 0.3) is 0 Å². The lowest BCUT2D eigenvalue weighted by atomic mass is 10.1.